The molecule has 3 heterocycles. The standard InChI is InChI=1S/C26H32N4O3S/c27-26(31)28-25-21(20-6-1-2-8-24(20)34-25)7-3-4-11-29-12-14-30(15-13-29)19-9-10-22-23(18-19)33-17-5-16-32-22/h1-2,6,8-10,18H,3-5,7,11-17H2,(H3,27,28,31). The average molecular weight is 481 g/mol. The van der Waals surface area contributed by atoms with E-state index in [-0.39, 0.29) is 0 Å². The molecular weight excluding hydrogens is 448 g/mol. The van der Waals surface area contributed by atoms with E-state index in [0.717, 1.165) is 81.5 Å². The van der Waals surface area contributed by atoms with E-state index in [1.54, 1.807) is 11.3 Å². The van der Waals surface area contributed by atoms with Gasteiger partial charge in [-0.15, -0.1) is 11.3 Å². The van der Waals surface area contributed by atoms with E-state index in [4.69, 9.17) is 15.2 Å². The predicted molar refractivity (Wildman–Crippen MR) is 139 cm³/mol. The molecule has 5 rings (SSSR count). The Bertz CT molecular complexity index is 1140. The van der Waals surface area contributed by atoms with Crippen LogP contribution >= 0.6 is 11.3 Å². The van der Waals surface area contributed by atoms with Crippen molar-refractivity contribution >= 4 is 38.1 Å². The van der Waals surface area contributed by atoms with Gasteiger partial charge in [-0.2, -0.15) is 0 Å². The Balaban J connectivity index is 1.11. The first kappa shape index (κ1) is 22.8. The summed E-state index contributed by atoms with van der Waals surface area (Å²) < 4.78 is 12.8. The zero-order chi connectivity index (χ0) is 23.3. The number of amides is 2. The van der Waals surface area contributed by atoms with Crippen LogP contribution in [0, 0.1) is 0 Å². The minimum atomic E-state index is -0.501. The first-order valence-corrected chi connectivity index (χ1v) is 12.9. The summed E-state index contributed by atoms with van der Waals surface area (Å²) in [6.45, 7) is 6.68. The molecule has 0 unspecified atom stereocenters. The summed E-state index contributed by atoms with van der Waals surface area (Å²) in [5, 5.41) is 4.93. The molecule has 0 spiro atoms. The van der Waals surface area contributed by atoms with Crippen LogP contribution in [0.25, 0.3) is 10.1 Å². The molecule has 3 aromatic rings. The summed E-state index contributed by atoms with van der Waals surface area (Å²) in [6.07, 6.45) is 4.08. The Labute approximate surface area is 204 Å². The molecule has 2 aliphatic heterocycles. The van der Waals surface area contributed by atoms with Crippen LogP contribution < -0.4 is 25.4 Å². The van der Waals surface area contributed by atoms with Gasteiger partial charge in [0.2, 0.25) is 0 Å². The van der Waals surface area contributed by atoms with E-state index >= 15 is 0 Å². The van der Waals surface area contributed by atoms with Gasteiger partial charge in [0.1, 0.15) is 5.00 Å². The van der Waals surface area contributed by atoms with Crippen molar-refractivity contribution in [3.05, 3.63) is 48.0 Å². The molecule has 180 valence electrons. The number of ether oxygens (including phenoxy) is 2. The molecule has 8 heteroatoms. The van der Waals surface area contributed by atoms with Gasteiger partial charge in [0.25, 0.3) is 0 Å². The molecule has 0 radical (unpaired) electrons. The number of carbonyl (C=O) groups excluding carboxylic acids is 1. The number of rotatable bonds is 7. The molecular formula is C26H32N4O3S. The van der Waals surface area contributed by atoms with Crippen LogP contribution in [0.1, 0.15) is 24.8 Å². The van der Waals surface area contributed by atoms with Crippen molar-refractivity contribution in [1.29, 1.82) is 0 Å². The van der Waals surface area contributed by atoms with E-state index in [9.17, 15) is 4.79 Å². The molecule has 0 atom stereocenters. The van der Waals surface area contributed by atoms with Gasteiger partial charge in [-0.1, -0.05) is 18.2 Å². The Morgan fingerprint density at radius 3 is 2.62 bits per heavy atom. The maximum absolute atomic E-state index is 11.4. The van der Waals surface area contributed by atoms with Crippen molar-refractivity contribution in [2.24, 2.45) is 5.73 Å². The average Bonchev–Trinajstić information content (AvgIpc) is 3.01. The van der Waals surface area contributed by atoms with E-state index in [0.29, 0.717) is 6.61 Å². The normalized spacial score (nSPS) is 16.4. The minimum absolute atomic E-state index is 0.501. The molecule has 0 bridgehead atoms. The lowest BCUT2D eigenvalue weighted by atomic mass is 10.1. The SMILES string of the molecule is NC(=O)Nc1sc2ccccc2c1CCCCN1CCN(c2ccc3c(c2)OCCCO3)CC1. The highest BCUT2D eigenvalue weighted by Crippen LogP contribution is 2.37. The summed E-state index contributed by atoms with van der Waals surface area (Å²) in [4.78, 5) is 16.4. The number of benzene rings is 2. The molecule has 7 nitrogen and oxygen atoms in total. The maximum Gasteiger partial charge on any atom is 0.317 e. The summed E-state index contributed by atoms with van der Waals surface area (Å²) in [5.41, 5.74) is 7.81. The number of aryl methyl sites for hydroxylation is 1. The van der Waals surface area contributed by atoms with Crippen LogP contribution in [-0.4, -0.2) is 56.9 Å². The van der Waals surface area contributed by atoms with E-state index in [2.05, 4.69) is 45.4 Å². The second-order valence-electron chi connectivity index (χ2n) is 8.86. The molecule has 2 aliphatic rings. The van der Waals surface area contributed by atoms with Gasteiger partial charge in [0.05, 0.1) is 13.2 Å². The quantitative estimate of drug-likeness (QED) is 0.479. The molecule has 3 N–H and O–H groups in total. The van der Waals surface area contributed by atoms with Crippen LogP contribution in [0.4, 0.5) is 15.5 Å². The lowest BCUT2D eigenvalue weighted by molar-refractivity contribution is 0.253. The van der Waals surface area contributed by atoms with Crippen LogP contribution in [0.5, 0.6) is 11.5 Å². The van der Waals surface area contributed by atoms with Gasteiger partial charge in [0, 0.05) is 49.1 Å². The molecule has 0 saturated carbocycles. The van der Waals surface area contributed by atoms with Gasteiger partial charge < -0.3 is 20.1 Å². The predicted octanol–water partition coefficient (Wildman–Crippen LogP) is 4.70. The number of nitrogens with zero attached hydrogens (tertiary/aromatic N) is 2. The number of primary amides is 1. The Morgan fingerprint density at radius 1 is 1.00 bits per heavy atom. The highest BCUT2D eigenvalue weighted by Gasteiger charge is 2.19. The number of hydrogen-bond donors (Lipinski definition) is 2. The van der Waals surface area contributed by atoms with Gasteiger partial charge in [-0.3, -0.25) is 10.2 Å². The van der Waals surface area contributed by atoms with Gasteiger partial charge >= 0.3 is 6.03 Å². The molecule has 2 aromatic carbocycles. The fourth-order valence-corrected chi connectivity index (χ4v) is 5.93. The second-order valence-corrected chi connectivity index (χ2v) is 9.91. The first-order chi connectivity index (χ1) is 16.7. The summed E-state index contributed by atoms with van der Waals surface area (Å²) >= 11 is 1.60. The fraction of sp³-hybridized carbons (Fsp3) is 0.423. The van der Waals surface area contributed by atoms with Crippen molar-refractivity contribution in [3.63, 3.8) is 0 Å². The Kier molecular flexibility index (Phi) is 7.06. The monoisotopic (exact) mass is 480 g/mol. The highest BCUT2D eigenvalue weighted by molar-refractivity contribution is 7.23. The number of piperazine rings is 1. The third kappa shape index (κ3) is 5.23. The molecule has 1 aromatic heterocycles. The number of urea groups is 1. The summed E-state index contributed by atoms with van der Waals surface area (Å²) in [7, 11) is 0. The lowest BCUT2D eigenvalue weighted by Crippen LogP contribution is -2.46. The first-order valence-electron chi connectivity index (χ1n) is 12.1. The maximum atomic E-state index is 11.4. The molecule has 1 fully saturated rings. The van der Waals surface area contributed by atoms with Gasteiger partial charge in [-0.05, 0) is 55.0 Å². The van der Waals surface area contributed by atoms with E-state index in [1.807, 2.05) is 12.1 Å². The number of fused-ring (bicyclic) bond motifs is 2. The summed E-state index contributed by atoms with van der Waals surface area (Å²) in [6, 6.07) is 14.1. The minimum Gasteiger partial charge on any atom is -0.490 e. The third-order valence-electron chi connectivity index (χ3n) is 6.55. The van der Waals surface area contributed by atoms with Crippen molar-refractivity contribution < 1.29 is 14.3 Å². The number of unbranched alkanes of at least 4 members (excludes halogenated alkanes) is 1. The highest BCUT2D eigenvalue weighted by atomic mass is 32.1. The number of carbonyl (C=O) groups is 1. The smallest absolute Gasteiger partial charge is 0.317 e. The number of thiophene rings is 1. The van der Waals surface area contributed by atoms with Crippen LogP contribution in [0.3, 0.4) is 0 Å². The largest absolute Gasteiger partial charge is 0.490 e. The van der Waals surface area contributed by atoms with Gasteiger partial charge in [-0.25, -0.2) is 4.79 Å². The zero-order valence-electron chi connectivity index (χ0n) is 19.4. The Hall–Kier alpha value is -2.97. The van der Waals surface area contributed by atoms with Crippen LogP contribution in [-0.2, 0) is 6.42 Å². The van der Waals surface area contributed by atoms with Gasteiger partial charge in [0.15, 0.2) is 11.5 Å². The molecule has 1 saturated heterocycles. The van der Waals surface area contributed by atoms with E-state index in [1.165, 1.54) is 21.3 Å². The number of nitrogens with one attached hydrogen (secondary N) is 1. The fourth-order valence-electron chi connectivity index (χ4n) is 4.78. The number of anilines is 2. The Morgan fingerprint density at radius 2 is 1.79 bits per heavy atom. The lowest BCUT2D eigenvalue weighted by Gasteiger charge is -2.36. The van der Waals surface area contributed by atoms with Crippen LogP contribution in [0.2, 0.25) is 0 Å². The topological polar surface area (TPSA) is 80.1 Å². The molecule has 34 heavy (non-hydrogen) atoms. The number of hydrogen-bond acceptors (Lipinski definition) is 6. The molecule has 0 aliphatic carbocycles. The third-order valence-corrected chi connectivity index (χ3v) is 7.68. The van der Waals surface area contributed by atoms with Crippen molar-refractivity contribution in [3.8, 4) is 11.5 Å². The van der Waals surface area contributed by atoms with Crippen LogP contribution in [0.15, 0.2) is 42.5 Å². The van der Waals surface area contributed by atoms with Crippen molar-refractivity contribution in [1.82, 2.24) is 4.90 Å². The van der Waals surface area contributed by atoms with E-state index < -0.39 is 6.03 Å². The molecule has 2 amide bonds. The van der Waals surface area contributed by atoms with Crippen molar-refractivity contribution in [2.45, 2.75) is 25.7 Å². The number of nitrogens with two attached hydrogens (primary N) is 1. The second kappa shape index (κ2) is 10.5. The summed E-state index contributed by atoms with van der Waals surface area (Å²) in [5.74, 6) is 1.72. The zero-order valence-corrected chi connectivity index (χ0v) is 20.2. The van der Waals surface area contributed by atoms with Crippen molar-refractivity contribution in [2.75, 3.05) is 56.2 Å².